The molecule has 0 N–H and O–H groups in total. The normalized spacial score (nSPS) is 13.9. The van der Waals surface area contributed by atoms with E-state index in [1.54, 1.807) is 0 Å². The molecule has 0 saturated carbocycles. The van der Waals surface area contributed by atoms with Crippen molar-refractivity contribution in [3.05, 3.63) is 223 Å². The molecular weight excluding hydrogens is 880 g/mol. The van der Waals surface area contributed by atoms with E-state index in [1.165, 1.54) is 33.4 Å². The van der Waals surface area contributed by atoms with Crippen molar-refractivity contribution in [2.24, 2.45) is 10.8 Å². The minimum absolute atomic E-state index is 0. The van der Waals surface area contributed by atoms with E-state index < -0.39 is 0 Å². The zero-order valence-electron chi connectivity index (χ0n) is 33.9. The maximum atomic E-state index is 4.43. The second-order valence-corrected chi connectivity index (χ2v) is 16.2. The first kappa shape index (κ1) is 44.1. The molecule has 0 nitrogen and oxygen atoms in total. The molecule has 54 heavy (non-hydrogen) atoms. The molecule has 0 fully saturated rings. The summed E-state index contributed by atoms with van der Waals surface area (Å²) in [6.07, 6.45) is 12.9. The predicted molar refractivity (Wildman–Crippen MR) is 232 cm³/mol. The Kier molecular flexibility index (Phi) is 16.7. The van der Waals surface area contributed by atoms with Crippen LogP contribution in [0.15, 0.2) is 188 Å². The first-order chi connectivity index (χ1) is 25.4. The number of allylic oxidation sites excluding steroid dienone is 5. The van der Waals surface area contributed by atoms with Crippen molar-refractivity contribution >= 4 is 0 Å². The van der Waals surface area contributed by atoms with Crippen molar-refractivity contribution in [2.45, 2.75) is 90.9 Å². The first-order valence-electron chi connectivity index (χ1n) is 19.5. The minimum atomic E-state index is -0.196. The molecule has 0 aromatic heterocycles. The maximum Gasteiger partial charge on any atom is 0.0256 e. The summed E-state index contributed by atoms with van der Waals surface area (Å²) in [6.45, 7) is 25.0. The van der Waals surface area contributed by atoms with Gasteiger partial charge in [0.15, 0.2) is 0 Å². The fraction of sp³-hybridized carbons (Fsp3) is 0.302. The molecule has 0 saturated heterocycles. The molecular formula is C53H63Am-. The van der Waals surface area contributed by atoms with Gasteiger partial charge in [0.25, 0.3) is 0 Å². The largest absolute Gasteiger partial charge is 0.329 e. The maximum absolute atomic E-state index is 4.43. The van der Waals surface area contributed by atoms with Crippen molar-refractivity contribution in [3.63, 3.8) is 0 Å². The number of hydrogen-bond acceptors (Lipinski definition) is 0. The molecule has 0 spiro atoms. The summed E-state index contributed by atoms with van der Waals surface area (Å²) >= 11 is 0. The molecule has 1 heteroatoms. The molecule has 5 aromatic carbocycles. The number of hydrogen-bond donors (Lipinski definition) is 0. The van der Waals surface area contributed by atoms with Gasteiger partial charge in [0.2, 0.25) is 0 Å². The molecule has 0 aliphatic heterocycles. The van der Waals surface area contributed by atoms with Crippen LogP contribution >= 0.6 is 0 Å². The van der Waals surface area contributed by atoms with Crippen LogP contribution in [0.1, 0.15) is 101 Å². The summed E-state index contributed by atoms with van der Waals surface area (Å²) in [4.78, 5) is 0. The van der Waals surface area contributed by atoms with Gasteiger partial charge in [-0.1, -0.05) is 242 Å². The Bertz CT molecular complexity index is 1810. The van der Waals surface area contributed by atoms with Gasteiger partial charge < -0.3 is 6.92 Å². The third kappa shape index (κ3) is 10.7. The summed E-state index contributed by atoms with van der Waals surface area (Å²) in [5.41, 5.74) is 7.77. The van der Waals surface area contributed by atoms with Crippen LogP contribution in [0.4, 0.5) is 0 Å². The third-order valence-electron chi connectivity index (χ3n) is 11.4. The molecule has 1 radical (unpaired) electrons. The number of rotatable bonds is 14. The van der Waals surface area contributed by atoms with Crippen LogP contribution in [-0.2, 0) is 17.3 Å². The minimum Gasteiger partial charge on any atom is -0.329 e. The second kappa shape index (κ2) is 20.4. The zero-order chi connectivity index (χ0) is 38.4. The van der Waals surface area contributed by atoms with Crippen molar-refractivity contribution in [2.75, 3.05) is 0 Å². The van der Waals surface area contributed by atoms with Gasteiger partial charge >= 0.3 is 0 Å². The van der Waals surface area contributed by atoms with E-state index >= 15 is 0 Å². The van der Waals surface area contributed by atoms with Crippen molar-refractivity contribution in [1.29, 1.82) is 0 Å². The smallest absolute Gasteiger partial charge is 0.0256 e. The Balaban J connectivity index is 0.000000384. The molecule has 0 aliphatic rings. The van der Waals surface area contributed by atoms with Crippen molar-refractivity contribution in [1.82, 2.24) is 0 Å². The summed E-state index contributed by atoms with van der Waals surface area (Å²) < 4.78 is 0. The molecule has 0 heterocycles. The van der Waals surface area contributed by atoms with Gasteiger partial charge in [0.1, 0.15) is 0 Å². The van der Waals surface area contributed by atoms with Crippen LogP contribution < -0.4 is 0 Å². The van der Waals surface area contributed by atoms with E-state index in [4.69, 9.17) is 0 Å². The summed E-state index contributed by atoms with van der Waals surface area (Å²) in [5.74, 6) is 0.412. The number of benzene rings is 5. The van der Waals surface area contributed by atoms with Gasteiger partial charge in [-0.05, 0) is 65.2 Å². The Morgan fingerprint density at radius 2 is 1.07 bits per heavy atom. The number of aryl methyl sites for hydroxylation is 1. The Morgan fingerprint density at radius 1 is 0.648 bits per heavy atom. The fourth-order valence-electron chi connectivity index (χ4n) is 8.42. The summed E-state index contributed by atoms with van der Waals surface area (Å²) in [5, 5.41) is 0. The van der Waals surface area contributed by atoms with Crippen LogP contribution in [0.25, 0.3) is 0 Å². The van der Waals surface area contributed by atoms with Gasteiger partial charge in [-0.15, -0.1) is 5.41 Å². The molecule has 283 valence electrons. The van der Waals surface area contributed by atoms with Gasteiger partial charge in [0, 0.05) is 19.7 Å². The van der Waals surface area contributed by atoms with Gasteiger partial charge in [0.05, 0.1) is 0 Å². The average molecular weight is 943 g/mol. The van der Waals surface area contributed by atoms with E-state index in [0.717, 1.165) is 25.7 Å². The Morgan fingerprint density at radius 3 is 1.48 bits per heavy atom. The zero-order valence-corrected chi connectivity index (χ0v) is 37.1. The van der Waals surface area contributed by atoms with Crippen molar-refractivity contribution in [3.8, 4) is 0 Å². The van der Waals surface area contributed by atoms with Gasteiger partial charge in [-0.25, -0.2) is 0 Å². The first-order valence-corrected chi connectivity index (χ1v) is 19.5. The molecule has 2 atom stereocenters. The van der Waals surface area contributed by atoms with E-state index in [1.807, 2.05) is 18.2 Å². The van der Waals surface area contributed by atoms with Crippen molar-refractivity contribution < 1.29 is 14.3 Å². The van der Waals surface area contributed by atoms with Crippen LogP contribution in [0.2, 0.25) is 0 Å². The molecule has 5 aromatic rings. The molecule has 0 aliphatic carbocycles. The van der Waals surface area contributed by atoms with E-state index in [2.05, 4.69) is 220 Å². The standard InChI is InChI=1S/C37H46.C16H17.Am/c1-8-19-32(20-9-2)37(35(3,4)5,33-25-17-12-18-26-33)29-36(6,7)34(31-23-15-11-16-24-31)28-27-30-21-13-10-14-22-30;1-3-16(2,14-10-6-4-7-11-14)15-12-8-5-9-13-15;/h8-26,34H,1,27-29H2,2-7H3;4-13H,2-3H2,1H3;/q;-1;/b20-9-,32-19+;;. The SMILES string of the molecule is C=C/C=C(\C=C/C)C(CC(C)(C)C(CCc1ccccc1)c1ccccc1)(c1ccccc1)C(C)(C)C.[Am].[CH2-]C(CC)(c1ccccc1)c1ccccc1. The van der Waals surface area contributed by atoms with Gasteiger partial charge in [-0.2, -0.15) is 0 Å². The Labute approximate surface area is 337 Å². The second-order valence-electron chi connectivity index (χ2n) is 16.2. The van der Waals surface area contributed by atoms with Crippen LogP contribution in [0.5, 0.6) is 0 Å². The molecule has 0 bridgehead atoms. The average Bonchev–Trinajstić information content (AvgIpc) is 3.18. The predicted octanol–water partition coefficient (Wildman–Crippen LogP) is 14.7. The fourth-order valence-corrected chi connectivity index (χ4v) is 8.42. The summed E-state index contributed by atoms with van der Waals surface area (Å²) in [6, 6.07) is 54.3. The summed E-state index contributed by atoms with van der Waals surface area (Å²) in [7, 11) is 0. The van der Waals surface area contributed by atoms with Crippen LogP contribution in [0, 0.1) is 32.0 Å². The van der Waals surface area contributed by atoms with Crippen LogP contribution in [-0.4, -0.2) is 0 Å². The third-order valence-corrected chi connectivity index (χ3v) is 11.4. The van der Waals surface area contributed by atoms with Crippen LogP contribution in [0.3, 0.4) is 0 Å². The molecule has 0 amide bonds. The van der Waals surface area contributed by atoms with E-state index in [9.17, 15) is 0 Å². The molecule has 2 unspecified atom stereocenters. The Hall–Kier alpha value is -4.29. The van der Waals surface area contributed by atoms with E-state index in [0.29, 0.717) is 5.92 Å². The van der Waals surface area contributed by atoms with Gasteiger partial charge in [-0.3, -0.25) is 0 Å². The topological polar surface area (TPSA) is 0 Å². The monoisotopic (exact) mass is 941 g/mol. The van der Waals surface area contributed by atoms with E-state index in [-0.39, 0.29) is 35.9 Å². The quantitative estimate of drug-likeness (QED) is 0.0769. The molecule has 5 rings (SSSR count).